The van der Waals surface area contributed by atoms with Crippen LogP contribution in [0.25, 0.3) is 0 Å². The number of aryl methyl sites for hydroxylation is 1. The Hall–Kier alpha value is -1.12. The zero-order chi connectivity index (χ0) is 12.3. The number of aromatic nitrogens is 2. The maximum atomic E-state index is 4.73. The van der Waals surface area contributed by atoms with E-state index in [0.717, 1.165) is 30.3 Å². The molecule has 2 rings (SSSR count). The summed E-state index contributed by atoms with van der Waals surface area (Å²) in [4.78, 5) is 9.40. The fraction of sp³-hybridized carbons (Fsp3) is 0.714. The Morgan fingerprint density at radius 2 is 1.88 bits per heavy atom. The van der Waals surface area contributed by atoms with E-state index in [1.54, 1.807) is 0 Å². The Labute approximate surface area is 104 Å². The molecule has 0 unspecified atom stereocenters. The highest BCUT2D eigenvalue weighted by Gasteiger charge is 2.21. The molecule has 0 amide bonds. The second-order valence-electron chi connectivity index (χ2n) is 5.05. The van der Waals surface area contributed by atoms with E-state index >= 15 is 0 Å². The lowest BCUT2D eigenvalue weighted by Crippen LogP contribution is -2.10. The molecule has 94 valence electrons. The molecular weight excluding hydrogens is 210 g/mol. The van der Waals surface area contributed by atoms with E-state index in [1.165, 1.54) is 31.2 Å². The zero-order valence-electron chi connectivity index (χ0n) is 11.2. The number of anilines is 1. The van der Waals surface area contributed by atoms with E-state index in [1.807, 2.05) is 0 Å². The molecule has 1 aromatic rings. The van der Waals surface area contributed by atoms with Crippen LogP contribution in [0.5, 0.6) is 0 Å². The van der Waals surface area contributed by atoms with Gasteiger partial charge >= 0.3 is 0 Å². The topological polar surface area (TPSA) is 37.8 Å². The van der Waals surface area contributed by atoms with Crippen LogP contribution in [0.1, 0.15) is 62.0 Å². The van der Waals surface area contributed by atoms with Crippen LogP contribution in [-0.4, -0.2) is 16.5 Å². The summed E-state index contributed by atoms with van der Waals surface area (Å²) < 4.78 is 0. The molecule has 1 N–H and O–H groups in total. The number of hydrogen-bond donors (Lipinski definition) is 1. The first-order chi connectivity index (χ1) is 8.22. The van der Waals surface area contributed by atoms with Gasteiger partial charge in [0, 0.05) is 23.7 Å². The third-order valence-corrected chi connectivity index (χ3v) is 3.67. The molecule has 1 heterocycles. The SMILES string of the molecule is CCCNc1nc(C2CCCC2)nc(C)c1C. The van der Waals surface area contributed by atoms with Gasteiger partial charge in [-0.25, -0.2) is 9.97 Å². The molecule has 1 fully saturated rings. The van der Waals surface area contributed by atoms with E-state index in [4.69, 9.17) is 4.98 Å². The third-order valence-electron chi connectivity index (χ3n) is 3.67. The maximum absolute atomic E-state index is 4.73. The highest BCUT2D eigenvalue weighted by Crippen LogP contribution is 2.33. The molecule has 0 radical (unpaired) electrons. The van der Waals surface area contributed by atoms with Crippen molar-refractivity contribution in [2.24, 2.45) is 0 Å². The summed E-state index contributed by atoms with van der Waals surface area (Å²) in [6.07, 6.45) is 6.31. The van der Waals surface area contributed by atoms with E-state index in [9.17, 15) is 0 Å². The van der Waals surface area contributed by atoms with Gasteiger partial charge in [-0.3, -0.25) is 0 Å². The number of hydrogen-bond acceptors (Lipinski definition) is 3. The van der Waals surface area contributed by atoms with Crippen LogP contribution in [0.3, 0.4) is 0 Å². The summed E-state index contributed by atoms with van der Waals surface area (Å²) in [6, 6.07) is 0. The van der Waals surface area contributed by atoms with Crippen LogP contribution in [0.15, 0.2) is 0 Å². The Bertz CT molecular complexity index is 381. The first kappa shape index (κ1) is 12.3. The smallest absolute Gasteiger partial charge is 0.134 e. The van der Waals surface area contributed by atoms with Gasteiger partial charge in [-0.2, -0.15) is 0 Å². The molecular formula is C14H23N3. The average Bonchev–Trinajstić information content (AvgIpc) is 2.84. The van der Waals surface area contributed by atoms with Gasteiger partial charge in [0.2, 0.25) is 0 Å². The van der Waals surface area contributed by atoms with E-state index in [2.05, 4.69) is 31.1 Å². The molecule has 0 atom stereocenters. The lowest BCUT2D eigenvalue weighted by molar-refractivity contribution is 0.663. The zero-order valence-corrected chi connectivity index (χ0v) is 11.2. The predicted octanol–water partition coefficient (Wildman–Crippen LogP) is 3.57. The fourth-order valence-electron chi connectivity index (χ4n) is 2.43. The van der Waals surface area contributed by atoms with Crippen molar-refractivity contribution in [2.45, 2.75) is 58.8 Å². The average molecular weight is 233 g/mol. The molecule has 0 bridgehead atoms. The van der Waals surface area contributed by atoms with Crippen molar-refractivity contribution < 1.29 is 0 Å². The van der Waals surface area contributed by atoms with Gasteiger partial charge in [-0.15, -0.1) is 0 Å². The van der Waals surface area contributed by atoms with Crippen molar-refractivity contribution >= 4 is 5.82 Å². The van der Waals surface area contributed by atoms with Gasteiger partial charge in [0.05, 0.1) is 0 Å². The molecule has 1 aliphatic rings. The van der Waals surface area contributed by atoms with Crippen LogP contribution in [-0.2, 0) is 0 Å². The van der Waals surface area contributed by atoms with Gasteiger partial charge in [0.1, 0.15) is 11.6 Å². The van der Waals surface area contributed by atoms with Crippen LogP contribution in [0, 0.1) is 13.8 Å². The Morgan fingerprint density at radius 1 is 1.18 bits per heavy atom. The molecule has 3 heteroatoms. The first-order valence-corrected chi connectivity index (χ1v) is 6.81. The number of rotatable bonds is 4. The molecule has 1 aliphatic carbocycles. The molecule has 3 nitrogen and oxygen atoms in total. The van der Waals surface area contributed by atoms with Crippen LogP contribution < -0.4 is 5.32 Å². The highest BCUT2D eigenvalue weighted by atomic mass is 15.0. The molecule has 1 saturated carbocycles. The van der Waals surface area contributed by atoms with Crippen LogP contribution >= 0.6 is 0 Å². The Morgan fingerprint density at radius 3 is 2.53 bits per heavy atom. The summed E-state index contributed by atoms with van der Waals surface area (Å²) in [5.74, 6) is 2.70. The van der Waals surface area contributed by atoms with Gasteiger partial charge in [0.15, 0.2) is 0 Å². The van der Waals surface area contributed by atoms with Gasteiger partial charge in [-0.05, 0) is 33.1 Å². The molecule has 1 aromatic heterocycles. The minimum atomic E-state index is 0.594. The van der Waals surface area contributed by atoms with E-state index in [0.29, 0.717) is 5.92 Å². The van der Waals surface area contributed by atoms with Crippen LogP contribution in [0.2, 0.25) is 0 Å². The normalized spacial score (nSPS) is 16.4. The van der Waals surface area contributed by atoms with Crippen molar-refractivity contribution in [3.05, 3.63) is 17.1 Å². The predicted molar refractivity (Wildman–Crippen MR) is 71.5 cm³/mol. The lowest BCUT2D eigenvalue weighted by Gasteiger charge is -2.14. The lowest BCUT2D eigenvalue weighted by atomic mass is 10.1. The second kappa shape index (κ2) is 5.48. The summed E-state index contributed by atoms with van der Waals surface area (Å²) in [6.45, 7) is 7.36. The first-order valence-electron chi connectivity index (χ1n) is 6.81. The molecule has 0 aliphatic heterocycles. The summed E-state index contributed by atoms with van der Waals surface area (Å²) in [7, 11) is 0. The highest BCUT2D eigenvalue weighted by molar-refractivity contribution is 5.45. The van der Waals surface area contributed by atoms with Crippen molar-refractivity contribution in [1.82, 2.24) is 9.97 Å². The second-order valence-corrected chi connectivity index (χ2v) is 5.05. The Kier molecular flexibility index (Phi) is 3.97. The fourth-order valence-corrected chi connectivity index (χ4v) is 2.43. The third kappa shape index (κ3) is 2.76. The van der Waals surface area contributed by atoms with Crippen molar-refractivity contribution in [1.29, 1.82) is 0 Å². The van der Waals surface area contributed by atoms with Crippen molar-refractivity contribution in [3.8, 4) is 0 Å². The minimum absolute atomic E-state index is 0.594. The van der Waals surface area contributed by atoms with Crippen molar-refractivity contribution in [3.63, 3.8) is 0 Å². The number of nitrogens with one attached hydrogen (secondary N) is 1. The quantitative estimate of drug-likeness (QED) is 0.864. The maximum Gasteiger partial charge on any atom is 0.134 e. The van der Waals surface area contributed by atoms with Gasteiger partial charge in [0.25, 0.3) is 0 Å². The molecule has 0 aromatic carbocycles. The number of nitrogens with zero attached hydrogens (tertiary/aromatic N) is 2. The monoisotopic (exact) mass is 233 g/mol. The molecule has 0 spiro atoms. The largest absolute Gasteiger partial charge is 0.370 e. The minimum Gasteiger partial charge on any atom is -0.370 e. The standard InChI is InChI=1S/C14H23N3/c1-4-9-15-13-10(2)11(3)16-14(17-13)12-7-5-6-8-12/h12H,4-9H2,1-3H3,(H,15,16,17). The van der Waals surface area contributed by atoms with E-state index in [-0.39, 0.29) is 0 Å². The van der Waals surface area contributed by atoms with Crippen molar-refractivity contribution in [2.75, 3.05) is 11.9 Å². The van der Waals surface area contributed by atoms with Gasteiger partial charge in [-0.1, -0.05) is 19.8 Å². The summed E-state index contributed by atoms with van der Waals surface area (Å²) in [5.41, 5.74) is 2.32. The van der Waals surface area contributed by atoms with E-state index < -0.39 is 0 Å². The summed E-state index contributed by atoms with van der Waals surface area (Å²) in [5, 5.41) is 3.42. The summed E-state index contributed by atoms with van der Waals surface area (Å²) >= 11 is 0. The van der Waals surface area contributed by atoms with Gasteiger partial charge < -0.3 is 5.32 Å². The molecule has 17 heavy (non-hydrogen) atoms. The van der Waals surface area contributed by atoms with Crippen LogP contribution in [0.4, 0.5) is 5.82 Å². The Balaban J connectivity index is 2.24. The molecule has 0 saturated heterocycles.